The lowest BCUT2D eigenvalue weighted by atomic mass is 10.1. The fourth-order valence-corrected chi connectivity index (χ4v) is 5.43. The molecule has 2 atom stereocenters. The van der Waals surface area contributed by atoms with Crippen molar-refractivity contribution in [2.75, 3.05) is 26.4 Å². The number of allylic oxidation sites excluding steroid dienone is 18. The van der Waals surface area contributed by atoms with Gasteiger partial charge >= 0.3 is 19.8 Å². The van der Waals surface area contributed by atoms with Crippen molar-refractivity contribution in [1.82, 2.24) is 0 Å². The van der Waals surface area contributed by atoms with Crippen LogP contribution in [0, 0.1) is 0 Å². The van der Waals surface area contributed by atoms with Crippen molar-refractivity contribution in [2.24, 2.45) is 5.73 Å². The quantitative estimate of drug-likeness (QED) is 0.0275. The molecule has 310 valence electrons. The van der Waals surface area contributed by atoms with Gasteiger partial charge in [0.15, 0.2) is 6.10 Å². The van der Waals surface area contributed by atoms with Gasteiger partial charge in [-0.15, -0.1) is 0 Å². The first-order valence-electron chi connectivity index (χ1n) is 20.4. The van der Waals surface area contributed by atoms with Crippen LogP contribution < -0.4 is 5.73 Å². The van der Waals surface area contributed by atoms with Crippen LogP contribution in [0.1, 0.15) is 129 Å². The number of carbonyl (C=O) groups is 2. The van der Waals surface area contributed by atoms with Gasteiger partial charge in [-0.25, -0.2) is 4.57 Å². The van der Waals surface area contributed by atoms with E-state index in [1.54, 1.807) is 0 Å². The molecular weight excluding hydrogens is 713 g/mol. The van der Waals surface area contributed by atoms with E-state index in [4.69, 9.17) is 24.3 Å². The largest absolute Gasteiger partial charge is 0.472 e. The molecule has 0 aromatic carbocycles. The summed E-state index contributed by atoms with van der Waals surface area (Å²) in [5.74, 6) is -0.986. The molecule has 0 saturated heterocycles. The second-order valence-corrected chi connectivity index (χ2v) is 14.2. The summed E-state index contributed by atoms with van der Waals surface area (Å²) in [6, 6.07) is 0. The molecule has 0 aliphatic rings. The summed E-state index contributed by atoms with van der Waals surface area (Å²) in [5.41, 5.74) is 5.33. The molecule has 9 nitrogen and oxygen atoms in total. The maximum Gasteiger partial charge on any atom is 0.472 e. The van der Waals surface area contributed by atoms with E-state index < -0.39 is 32.5 Å². The highest BCUT2D eigenvalue weighted by Crippen LogP contribution is 2.43. The first kappa shape index (κ1) is 51.7. The standard InChI is InChI=1S/C45H72NO8P/c1-3-5-7-9-11-13-15-17-19-20-21-22-24-25-27-29-31-33-35-37-44(47)51-41-43(42-53-55(49,50)52-40-39-46)54-45(48)38-36-34-32-30-28-26-23-18-16-14-12-10-8-6-4-2/h5,7,11-14,17-19,21-23,25,27-28,30-31,33,43H,3-4,6,8-10,15-16,20,24,26,29,32,34-42,46H2,1-2H3,(H,49,50)/b7-5+,13-11+,14-12+,19-17+,22-21+,23-18+,27-25+,30-28+,33-31+/t43-/m1/s1. The summed E-state index contributed by atoms with van der Waals surface area (Å²) in [4.78, 5) is 34.8. The van der Waals surface area contributed by atoms with Gasteiger partial charge in [-0.2, -0.15) is 0 Å². The highest BCUT2D eigenvalue weighted by molar-refractivity contribution is 7.47. The van der Waals surface area contributed by atoms with Crippen LogP contribution in [-0.2, 0) is 32.7 Å². The average Bonchev–Trinajstić information content (AvgIpc) is 3.17. The van der Waals surface area contributed by atoms with Crippen LogP contribution in [0.15, 0.2) is 109 Å². The summed E-state index contributed by atoms with van der Waals surface area (Å²) in [6.45, 7) is 3.42. The number of phosphoric acid groups is 1. The molecule has 0 radical (unpaired) electrons. The van der Waals surface area contributed by atoms with Gasteiger partial charge in [0.1, 0.15) is 6.61 Å². The topological polar surface area (TPSA) is 134 Å². The Labute approximate surface area is 333 Å². The molecule has 0 heterocycles. The third-order valence-corrected chi connectivity index (χ3v) is 8.64. The molecule has 0 fully saturated rings. The minimum absolute atomic E-state index is 0.0312. The number of ether oxygens (including phenoxy) is 2. The first-order valence-corrected chi connectivity index (χ1v) is 21.9. The third kappa shape index (κ3) is 40.2. The Morgan fingerprint density at radius 1 is 0.564 bits per heavy atom. The fraction of sp³-hybridized carbons (Fsp3) is 0.556. The van der Waals surface area contributed by atoms with E-state index in [9.17, 15) is 19.0 Å². The zero-order valence-electron chi connectivity index (χ0n) is 33.9. The molecule has 0 spiro atoms. The number of carbonyl (C=O) groups excluding carboxylic acids is 2. The minimum Gasteiger partial charge on any atom is -0.462 e. The van der Waals surface area contributed by atoms with Crippen LogP contribution in [0.2, 0.25) is 0 Å². The van der Waals surface area contributed by atoms with E-state index in [2.05, 4.69) is 111 Å². The number of phosphoric ester groups is 1. The number of nitrogens with two attached hydrogens (primary N) is 1. The van der Waals surface area contributed by atoms with Crippen LogP contribution in [-0.4, -0.2) is 49.3 Å². The fourth-order valence-electron chi connectivity index (χ4n) is 4.66. The molecular formula is C45H72NO8P. The van der Waals surface area contributed by atoms with Gasteiger partial charge in [-0.1, -0.05) is 136 Å². The van der Waals surface area contributed by atoms with Gasteiger partial charge in [-0.05, 0) is 89.9 Å². The molecule has 0 saturated carbocycles. The van der Waals surface area contributed by atoms with Crippen molar-refractivity contribution in [3.8, 4) is 0 Å². The monoisotopic (exact) mass is 785 g/mol. The first-order chi connectivity index (χ1) is 26.8. The van der Waals surface area contributed by atoms with Crippen LogP contribution in [0.4, 0.5) is 0 Å². The van der Waals surface area contributed by atoms with E-state index in [0.717, 1.165) is 70.6 Å². The predicted molar refractivity (Wildman–Crippen MR) is 228 cm³/mol. The Hall–Kier alpha value is -3.33. The van der Waals surface area contributed by atoms with Crippen molar-refractivity contribution in [3.05, 3.63) is 109 Å². The molecule has 3 N–H and O–H groups in total. The number of hydrogen-bond acceptors (Lipinski definition) is 8. The van der Waals surface area contributed by atoms with Gasteiger partial charge in [-0.3, -0.25) is 18.6 Å². The second kappa shape index (κ2) is 40.3. The molecule has 1 unspecified atom stereocenters. The molecule has 0 rings (SSSR count). The lowest BCUT2D eigenvalue weighted by Gasteiger charge is -2.19. The SMILES string of the molecule is CC/C=C/C/C=C/C/C=C/C/C=C/C/C=C/C/C=C/CCC(=O)OC[C@H](COP(=O)(O)OCCN)OC(=O)CCCC/C=C/C/C=C/C/C=C/CCCCC. The Kier molecular flexibility index (Phi) is 37.9. The maximum atomic E-state index is 12.5. The van der Waals surface area contributed by atoms with Crippen LogP contribution in [0.5, 0.6) is 0 Å². The van der Waals surface area contributed by atoms with E-state index in [1.807, 2.05) is 12.2 Å². The molecule has 0 aromatic heterocycles. The van der Waals surface area contributed by atoms with E-state index in [0.29, 0.717) is 12.8 Å². The highest BCUT2D eigenvalue weighted by atomic mass is 31.2. The maximum absolute atomic E-state index is 12.5. The van der Waals surface area contributed by atoms with Gasteiger partial charge in [0, 0.05) is 19.4 Å². The van der Waals surface area contributed by atoms with Crippen LogP contribution in [0.25, 0.3) is 0 Å². The summed E-state index contributed by atoms with van der Waals surface area (Å²) < 4.78 is 32.6. The van der Waals surface area contributed by atoms with Crippen molar-refractivity contribution in [1.29, 1.82) is 0 Å². The third-order valence-electron chi connectivity index (χ3n) is 7.66. The van der Waals surface area contributed by atoms with Crippen molar-refractivity contribution < 1.29 is 37.6 Å². The molecule has 0 amide bonds. The summed E-state index contributed by atoms with van der Waals surface area (Å²) in [7, 11) is -4.41. The summed E-state index contributed by atoms with van der Waals surface area (Å²) >= 11 is 0. The summed E-state index contributed by atoms with van der Waals surface area (Å²) in [6.07, 6.45) is 52.8. The molecule has 10 heteroatoms. The predicted octanol–water partition coefficient (Wildman–Crippen LogP) is 11.6. The van der Waals surface area contributed by atoms with Crippen LogP contribution in [0.3, 0.4) is 0 Å². The zero-order valence-corrected chi connectivity index (χ0v) is 34.7. The lowest BCUT2D eigenvalue weighted by molar-refractivity contribution is -0.161. The average molecular weight is 786 g/mol. The second-order valence-electron chi connectivity index (χ2n) is 12.8. The molecule has 0 aromatic rings. The normalized spacial score (nSPS) is 14.5. The van der Waals surface area contributed by atoms with E-state index in [-0.39, 0.29) is 32.6 Å². The molecule has 55 heavy (non-hydrogen) atoms. The Morgan fingerprint density at radius 3 is 1.49 bits per heavy atom. The van der Waals surface area contributed by atoms with E-state index in [1.165, 1.54) is 19.3 Å². The van der Waals surface area contributed by atoms with Crippen LogP contribution >= 0.6 is 7.82 Å². The van der Waals surface area contributed by atoms with Crippen molar-refractivity contribution >= 4 is 19.8 Å². The smallest absolute Gasteiger partial charge is 0.462 e. The Bertz CT molecular complexity index is 1260. The summed E-state index contributed by atoms with van der Waals surface area (Å²) in [5, 5.41) is 0. The number of rotatable bonds is 36. The number of esters is 2. The molecule has 0 bridgehead atoms. The number of unbranched alkanes of at least 4 members (excludes halogenated alkanes) is 5. The molecule has 0 aliphatic heterocycles. The van der Waals surface area contributed by atoms with Crippen molar-refractivity contribution in [2.45, 2.75) is 136 Å². The Balaban J connectivity index is 4.41. The highest BCUT2D eigenvalue weighted by Gasteiger charge is 2.25. The zero-order chi connectivity index (χ0) is 40.3. The van der Waals surface area contributed by atoms with Gasteiger partial charge in [0.05, 0.1) is 13.2 Å². The Morgan fingerprint density at radius 2 is 1.02 bits per heavy atom. The van der Waals surface area contributed by atoms with E-state index >= 15 is 0 Å². The van der Waals surface area contributed by atoms with Crippen molar-refractivity contribution in [3.63, 3.8) is 0 Å². The lowest BCUT2D eigenvalue weighted by Crippen LogP contribution is -2.29. The number of hydrogen-bond donors (Lipinski definition) is 2. The van der Waals surface area contributed by atoms with Gasteiger partial charge in [0.2, 0.25) is 0 Å². The minimum atomic E-state index is -4.41. The van der Waals surface area contributed by atoms with Gasteiger partial charge in [0.25, 0.3) is 0 Å². The molecule has 0 aliphatic carbocycles. The van der Waals surface area contributed by atoms with Gasteiger partial charge < -0.3 is 20.1 Å².